The Morgan fingerprint density at radius 2 is 2.23 bits per heavy atom. The number of ether oxygens (including phenoxy) is 1. The van der Waals surface area contributed by atoms with E-state index in [2.05, 4.69) is 24.1 Å². The highest BCUT2D eigenvalue weighted by molar-refractivity contribution is 5.76. The number of nitrogens with one attached hydrogen (secondary N) is 1. The monoisotopic (exact) mass is 186 g/mol. The summed E-state index contributed by atoms with van der Waals surface area (Å²) in [5.41, 5.74) is 0. The second kappa shape index (κ2) is 4.58. The van der Waals surface area contributed by atoms with Crippen molar-refractivity contribution >= 4 is 5.91 Å². The third kappa shape index (κ3) is 2.97. The molecular weight excluding hydrogens is 168 g/mol. The van der Waals surface area contributed by atoms with E-state index >= 15 is 0 Å². The van der Waals surface area contributed by atoms with Crippen LogP contribution in [0.4, 0.5) is 0 Å². The van der Waals surface area contributed by atoms with Gasteiger partial charge >= 0.3 is 0 Å². The molecule has 1 rings (SSSR count). The second-order valence-electron chi connectivity index (χ2n) is 3.65. The van der Waals surface area contributed by atoms with Crippen molar-refractivity contribution in [3.63, 3.8) is 0 Å². The molecule has 0 saturated carbocycles. The van der Waals surface area contributed by atoms with Crippen molar-refractivity contribution < 1.29 is 9.53 Å². The van der Waals surface area contributed by atoms with Gasteiger partial charge in [0, 0.05) is 26.2 Å². The van der Waals surface area contributed by atoms with Crippen molar-refractivity contribution in [2.75, 3.05) is 26.7 Å². The lowest BCUT2D eigenvalue weighted by Crippen LogP contribution is -2.55. The van der Waals surface area contributed by atoms with Gasteiger partial charge in [-0.3, -0.25) is 9.69 Å². The number of likely N-dealkylation sites (tertiary alicyclic amines) is 1. The molecule has 0 radical (unpaired) electrons. The van der Waals surface area contributed by atoms with Crippen LogP contribution in [-0.2, 0) is 9.53 Å². The Morgan fingerprint density at radius 3 is 2.69 bits per heavy atom. The predicted octanol–water partition coefficient (Wildman–Crippen LogP) is -0.158. The summed E-state index contributed by atoms with van der Waals surface area (Å²) in [6, 6.07) is 0.583. The first-order chi connectivity index (χ1) is 6.13. The lowest BCUT2D eigenvalue weighted by Gasteiger charge is -2.41. The largest absolute Gasteiger partial charge is 0.366 e. The zero-order chi connectivity index (χ0) is 9.84. The Morgan fingerprint density at radius 1 is 1.62 bits per heavy atom. The zero-order valence-electron chi connectivity index (χ0n) is 8.54. The molecule has 0 bridgehead atoms. The van der Waals surface area contributed by atoms with Gasteiger partial charge < -0.3 is 10.1 Å². The number of nitrogens with zero attached hydrogens (tertiary/aromatic N) is 1. The molecule has 4 heteroatoms. The molecule has 1 fully saturated rings. The normalized spacial score (nSPS) is 18.8. The number of hydrogen-bond donors (Lipinski definition) is 1. The van der Waals surface area contributed by atoms with Gasteiger partial charge in [0.25, 0.3) is 0 Å². The molecule has 0 aromatic rings. The summed E-state index contributed by atoms with van der Waals surface area (Å²) in [5, 5.41) is 2.52. The van der Waals surface area contributed by atoms with Gasteiger partial charge in [-0.15, -0.1) is 0 Å². The lowest BCUT2D eigenvalue weighted by atomic mass is 10.1. The van der Waals surface area contributed by atoms with E-state index in [0.29, 0.717) is 6.04 Å². The Hall–Kier alpha value is -0.610. The maximum Gasteiger partial charge on any atom is 0.245 e. The van der Waals surface area contributed by atoms with Gasteiger partial charge in [-0.05, 0) is 13.8 Å². The minimum Gasteiger partial charge on any atom is -0.366 e. The van der Waals surface area contributed by atoms with Gasteiger partial charge in [-0.2, -0.15) is 0 Å². The van der Waals surface area contributed by atoms with Crippen LogP contribution in [0.3, 0.4) is 0 Å². The van der Waals surface area contributed by atoms with Crippen LogP contribution in [-0.4, -0.2) is 49.7 Å². The van der Waals surface area contributed by atoms with Gasteiger partial charge in [0.1, 0.15) is 6.61 Å². The second-order valence-corrected chi connectivity index (χ2v) is 3.65. The van der Waals surface area contributed by atoms with E-state index in [1.807, 2.05) is 0 Å². The smallest absolute Gasteiger partial charge is 0.245 e. The van der Waals surface area contributed by atoms with E-state index in [-0.39, 0.29) is 18.6 Å². The van der Waals surface area contributed by atoms with Crippen LogP contribution in [0.2, 0.25) is 0 Å². The van der Waals surface area contributed by atoms with Crippen LogP contribution in [0.5, 0.6) is 0 Å². The third-order valence-corrected chi connectivity index (χ3v) is 2.34. The number of carbonyl (C=O) groups excluding carboxylic acids is 1. The number of carbonyl (C=O) groups is 1. The van der Waals surface area contributed by atoms with Crippen LogP contribution >= 0.6 is 0 Å². The molecule has 0 aromatic carbocycles. The van der Waals surface area contributed by atoms with E-state index < -0.39 is 0 Å². The van der Waals surface area contributed by atoms with E-state index in [0.717, 1.165) is 13.1 Å². The predicted molar refractivity (Wildman–Crippen MR) is 50.5 cm³/mol. The Balaban J connectivity index is 2.05. The van der Waals surface area contributed by atoms with Gasteiger partial charge in [-0.25, -0.2) is 0 Å². The fraction of sp³-hybridized carbons (Fsp3) is 0.889. The van der Waals surface area contributed by atoms with Crippen LogP contribution in [0.15, 0.2) is 0 Å². The maximum atomic E-state index is 10.8. The van der Waals surface area contributed by atoms with Crippen molar-refractivity contribution in [2.45, 2.75) is 26.0 Å². The highest BCUT2D eigenvalue weighted by Gasteiger charge is 2.29. The van der Waals surface area contributed by atoms with Gasteiger partial charge in [0.05, 0.1) is 6.10 Å². The maximum absolute atomic E-state index is 10.8. The van der Waals surface area contributed by atoms with Crippen molar-refractivity contribution in [3.8, 4) is 0 Å². The van der Waals surface area contributed by atoms with E-state index in [4.69, 9.17) is 4.74 Å². The summed E-state index contributed by atoms with van der Waals surface area (Å²) in [4.78, 5) is 13.1. The van der Waals surface area contributed by atoms with Gasteiger partial charge in [0.2, 0.25) is 5.91 Å². The van der Waals surface area contributed by atoms with Crippen molar-refractivity contribution in [1.29, 1.82) is 0 Å². The van der Waals surface area contributed by atoms with Crippen molar-refractivity contribution in [3.05, 3.63) is 0 Å². The summed E-state index contributed by atoms with van der Waals surface area (Å²) in [6.45, 7) is 6.42. The lowest BCUT2D eigenvalue weighted by molar-refractivity contribution is -0.132. The standard InChI is InChI=1S/C9H18N2O2/c1-7(2)11-4-8(5-11)13-6-9(12)10-3/h7-8H,4-6H2,1-3H3,(H,10,12). The van der Waals surface area contributed by atoms with Crippen LogP contribution in [0, 0.1) is 0 Å². The highest BCUT2D eigenvalue weighted by atomic mass is 16.5. The molecule has 1 aliphatic rings. The third-order valence-electron chi connectivity index (χ3n) is 2.34. The molecule has 1 saturated heterocycles. The molecule has 4 nitrogen and oxygen atoms in total. The Labute approximate surface area is 79.2 Å². The number of amides is 1. The van der Waals surface area contributed by atoms with Crippen molar-refractivity contribution in [1.82, 2.24) is 10.2 Å². The summed E-state index contributed by atoms with van der Waals surface area (Å²) >= 11 is 0. The SMILES string of the molecule is CNC(=O)COC1CN(C(C)C)C1. The van der Waals surface area contributed by atoms with Crippen LogP contribution in [0.25, 0.3) is 0 Å². The van der Waals surface area contributed by atoms with Crippen molar-refractivity contribution in [2.24, 2.45) is 0 Å². The topological polar surface area (TPSA) is 41.6 Å². The molecule has 1 heterocycles. The fourth-order valence-corrected chi connectivity index (χ4v) is 1.26. The average molecular weight is 186 g/mol. The molecule has 0 aromatic heterocycles. The molecule has 1 amide bonds. The number of rotatable bonds is 4. The molecule has 0 aliphatic carbocycles. The summed E-state index contributed by atoms with van der Waals surface area (Å²) < 4.78 is 5.36. The number of likely N-dealkylation sites (N-methyl/N-ethyl adjacent to an activating group) is 1. The number of hydrogen-bond acceptors (Lipinski definition) is 3. The molecule has 76 valence electrons. The molecule has 13 heavy (non-hydrogen) atoms. The van der Waals surface area contributed by atoms with Gasteiger partial charge in [-0.1, -0.05) is 0 Å². The first-order valence-electron chi connectivity index (χ1n) is 4.69. The minimum absolute atomic E-state index is 0.0528. The molecule has 0 spiro atoms. The average Bonchev–Trinajstić information content (AvgIpc) is 2.00. The molecule has 0 unspecified atom stereocenters. The first-order valence-corrected chi connectivity index (χ1v) is 4.69. The summed E-state index contributed by atoms with van der Waals surface area (Å²) in [5.74, 6) is -0.0528. The van der Waals surface area contributed by atoms with Gasteiger partial charge in [0.15, 0.2) is 0 Å². The van der Waals surface area contributed by atoms with Crippen LogP contribution in [0.1, 0.15) is 13.8 Å². The van der Waals surface area contributed by atoms with E-state index in [1.54, 1.807) is 7.05 Å². The highest BCUT2D eigenvalue weighted by Crippen LogP contribution is 2.14. The fourth-order valence-electron chi connectivity index (χ4n) is 1.26. The first kappa shape index (κ1) is 10.5. The van der Waals surface area contributed by atoms with Crippen LogP contribution < -0.4 is 5.32 Å². The van der Waals surface area contributed by atoms with E-state index in [1.165, 1.54) is 0 Å². The molecule has 1 aliphatic heterocycles. The Bertz CT molecular complexity index is 176. The minimum atomic E-state index is -0.0528. The molecule has 0 atom stereocenters. The quantitative estimate of drug-likeness (QED) is 0.663. The summed E-state index contributed by atoms with van der Waals surface area (Å²) in [7, 11) is 1.62. The Kier molecular flexibility index (Phi) is 3.69. The molecule has 1 N–H and O–H groups in total. The molecular formula is C9H18N2O2. The summed E-state index contributed by atoms with van der Waals surface area (Å²) in [6.07, 6.45) is 0.250. The zero-order valence-corrected chi connectivity index (χ0v) is 8.54. The van der Waals surface area contributed by atoms with E-state index in [9.17, 15) is 4.79 Å².